The topological polar surface area (TPSA) is 78.2 Å². The van der Waals surface area contributed by atoms with E-state index in [-0.39, 0.29) is 11.8 Å². The van der Waals surface area contributed by atoms with Crippen molar-refractivity contribution in [3.63, 3.8) is 0 Å². The summed E-state index contributed by atoms with van der Waals surface area (Å²) in [6, 6.07) is 3.24. The lowest BCUT2D eigenvalue weighted by molar-refractivity contribution is -0.0328. The Labute approximate surface area is 103 Å². The highest BCUT2D eigenvalue weighted by Crippen LogP contribution is 2.40. The fraction of sp³-hybridized carbons (Fsp3) is 0.100. The number of rotatable bonds is 3. The second-order valence-corrected chi connectivity index (χ2v) is 4.06. The third-order valence-electron chi connectivity index (χ3n) is 1.88. The molecule has 0 aliphatic rings. The highest BCUT2D eigenvalue weighted by Gasteiger charge is 2.33. The molecule has 0 atom stereocenters. The molecule has 1 rings (SSSR count). The van der Waals surface area contributed by atoms with Crippen LogP contribution >= 0.6 is 11.8 Å². The number of aromatic carboxylic acids is 1. The van der Waals surface area contributed by atoms with Crippen LogP contribution in [0.5, 0.6) is 0 Å². The van der Waals surface area contributed by atoms with Gasteiger partial charge in [0, 0.05) is 10.5 Å². The van der Waals surface area contributed by atoms with Gasteiger partial charge in [0.25, 0.3) is 0 Å². The Bertz CT molecular complexity index is 549. The number of carbonyl (C=O) groups excluding carboxylic acids is 1. The normalized spacial score (nSPS) is 10.8. The Morgan fingerprint density at radius 3 is 2.44 bits per heavy atom. The Hall–Kier alpha value is -2.01. The molecule has 0 heterocycles. The predicted molar refractivity (Wildman–Crippen MR) is 55.4 cm³/mol. The molecule has 0 aromatic heterocycles. The first-order chi connectivity index (χ1) is 8.30. The van der Waals surface area contributed by atoms with E-state index in [1.54, 1.807) is 0 Å². The summed E-state index contributed by atoms with van der Waals surface area (Å²) in [6.45, 7) is 0. The van der Waals surface area contributed by atoms with E-state index in [1.807, 2.05) is 0 Å². The predicted octanol–water partition coefficient (Wildman–Crippen LogP) is 2.68. The molecule has 1 N–H and O–H groups in total. The fourth-order valence-electron chi connectivity index (χ4n) is 1.21. The molecule has 0 spiro atoms. The SMILES string of the molecule is N#Cc1c(C(=O)O)ccc(C=O)c1SC(F)(F)F. The number of thioether (sulfide) groups is 1. The van der Waals surface area contributed by atoms with Crippen LogP contribution in [0.2, 0.25) is 0 Å². The quantitative estimate of drug-likeness (QED) is 0.677. The highest BCUT2D eigenvalue weighted by molar-refractivity contribution is 8.00. The third kappa shape index (κ3) is 3.01. The number of benzene rings is 1. The molecular weight excluding hydrogens is 271 g/mol. The molecule has 0 aliphatic heterocycles. The number of hydrogen-bond acceptors (Lipinski definition) is 4. The summed E-state index contributed by atoms with van der Waals surface area (Å²) in [4.78, 5) is 20.7. The van der Waals surface area contributed by atoms with Crippen LogP contribution in [0.4, 0.5) is 13.2 Å². The van der Waals surface area contributed by atoms with E-state index in [9.17, 15) is 22.8 Å². The fourth-order valence-corrected chi connectivity index (χ4v) is 1.93. The van der Waals surface area contributed by atoms with Crippen LogP contribution in [0, 0.1) is 11.3 Å². The number of nitriles is 1. The van der Waals surface area contributed by atoms with E-state index < -0.39 is 39.3 Å². The maximum absolute atomic E-state index is 12.3. The van der Waals surface area contributed by atoms with Crippen molar-refractivity contribution in [1.82, 2.24) is 0 Å². The largest absolute Gasteiger partial charge is 0.478 e. The maximum atomic E-state index is 12.3. The smallest absolute Gasteiger partial charge is 0.446 e. The lowest BCUT2D eigenvalue weighted by Gasteiger charge is -2.11. The van der Waals surface area contributed by atoms with Gasteiger partial charge in [-0.3, -0.25) is 4.79 Å². The lowest BCUT2D eigenvalue weighted by atomic mass is 10.1. The van der Waals surface area contributed by atoms with Gasteiger partial charge in [-0.15, -0.1) is 0 Å². The number of carboxylic acid groups (broad SMARTS) is 1. The average molecular weight is 275 g/mol. The van der Waals surface area contributed by atoms with Gasteiger partial charge in [0.05, 0.1) is 11.1 Å². The average Bonchev–Trinajstić information content (AvgIpc) is 2.26. The van der Waals surface area contributed by atoms with Gasteiger partial charge in [0.1, 0.15) is 6.07 Å². The molecule has 0 saturated heterocycles. The van der Waals surface area contributed by atoms with Gasteiger partial charge in [-0.2, -0.15) is 18.4 Å². The number of hydrogen-bond donors (Lipinski definition) is 1. The lowest BCUT2D eigenvalue weighted by Crippen LogP contribution is -2.07. The van der Waals surface area contributed by atoms with Crippen molar-refractivity contribution in [3.8, 4) is 6.07 Å². The van der Waals surface area contributed by atoms with Crippen molar-refractivity contribution < 1.29 is 27.9 Å². The Morgan fingerprint density at radius 2 is 2.06 bits per heavy atom. The molecule has 0 amide bonds. The van der Waals surface area contributed by atoms with E-state index in [0.29, 0.717) is 0 Å². The Balaban J connectivity index is 3.53. The van der Waals surface area contributed by atoms with Crippen LogP contribution in [0.3, 0.4) is 0 Å². The summed E-state index contributed by atoms with van der Waals surface area (Å²) >= 11 is -0.682. The van der Waals surface area contributed by atoms with Gasteiger partial charge in [-0.25, -0.2) is 4.79 Å². The zero-order valence-electron chi connectivity index (χ0n) is 8.49. The van der Waals surface area contributed by atoms with Crippen molar-refractivity contribution >= 4 is 24.0 Å². The second kappa shape index (κ2) is 5.10. The molecule has 4 nitrogen and oxygen atoms in total. The van der Waals surface area contributed by atoms with Gasteiger partial charge in [-0.05, 0) is 23.9 Å². The summed E-state index contributed by atoms with van der Waals surface area (Å²) in [5.74, 6) is -1.53. The van der Waals surface area contributed by atoms with Crippen LogP contribution in [0.1, 0.15) is 26.3 Å². The molecule has 0 radical (unpaired) electrons. The summed E-state index contributed by atoms with van der Waals surface area (Å²) in [7, 11) is 0. The van der Waals surface area contributed by atoms with Crippen LogP contribution in [-0.4, -0.2) is 22.9 Å². The minimum atomic E-state index is -4.72. The van der Waals surface area contributed by atoms with E-state index in [0.717, 1.165) is 12.1 Å². The van der Waals surface area contributed by atoms with E-state index in [4.69, 9.17) is 10.4 Å². The molecular formula is C10H4F3NO3S. The van der Waals surface area contributed by atoms with Gasteiger partial charge < -0.3 is 5.11 Å². The van der Waals surface area contributed by atoms with Crippen molar-refractivity contribution in [2.45, 2.75) is 10.4 Å². The van der Waals surface area contributed by atoms with Crippen LogP contribution in [0.15, 0.2) is 17.0 Å². The molecule has 0 saturated carbocycles. The number of aldehydes is 1. The Kier molecular flexibility index (Phi) is 3.98. The first kappa shape index (κ1) is 14.1. The van der Waals surface area contributed by atoms with Gasteiger partial charge in [-0.1, -0.05) is 0 Å². The number of nitrogens with zero attached hydrogens (tertiary/aromatic N) is 1. The van der Waals surface area contributed by atoms with Crippen molar-refractivity contribution in [3.05, 3.63) is 28.8 Å². The molecule has 0 unspecified atom stereocenters. The minimum Gasteiger partial charge on any atom is -0.478 e. The van der Waals surface area contributed by atoms with Crippen LogP contribution in [0.25, 0.3) is 0 Å². The third-order valence-corrected chi connectivity index (χ3v) is 2.75. The number of alkyl halides is 3. The van der Waals surface area contributed by atoms with Gasteiger partial charge >= 0.3 is 11.5 Å². The van der Waals surface area contributed by atoms with Gasteiger partial charge in [0.15, 0.2) is 6.29 Å². The van der Waals surface area contributed by atoms with Crippen molar-refractivity contribution in [2.24, 2.45) is 0 Å². The monoisotopic (exact) mass is 275 g/mol. The molecule has 8 heteroatoms. The second-order valence-electron chi connectivity index (χ2n) is 2.99. The standard InChI is InChI=1S/C10H4F3NO3S/c11-10(12,13)18-8-5(4-15)1-2-6(9(16)17)7(8)3-14/h1-2,4H,(H,16,17). The molecule has 1 aromatic carbocycles. The van der Waals surface area contributed by atoms with E-state index in [2.05, 4.69) is 0 Å². The van der Waals surface area contributed by atoms with Crippen molar-refractivity contribution in [1.29, 1.82) is 5.26 Å². The highest BCUT2D eigenvalue weighted by atomic mass is 32.2. The molecule has 0 bridgehead atoms. The Morgan fingerprint density at radius 1 is 1.44 bits per heavy atom. The minimum absolute atomic E-state index is 0.139. The molecule has 0 fully saturated rings. The summed E-state index contributed by atoms with van der Waals surface area (Å²) in [6.07, 6.45) is 0.139. The number of carbonyl (C=O) groups is 2. The summed E-state index contributed by atoms with van der Waals surface area (Å²) in [5.41, 5.74) is -6.34. The van der Waals surface area contributed by atoms with E-state index in [1.165, 1.54) is 6.07 Å². The summed E-state index contributed by atoms with van der Waals surface area (Å²) in [5, 5.41) is 17.5. The zero-order chi connectivity index (χ0) is 13.9. The van der Waals surface area contributed by atoms with Crippen LogP contribution in [-0.2, 0) is 0 Å². The maximum Gasteiger partial charge on any atom is 0.446 e. The molecule has 0 aliphatic carbocycles. The first-order valence-electron chi connectivity index (χ1n) is 4.31. The summed E-state index contributed by atoms with van der Waals surface area (Å²) < 4.78 is 36.9. The number of carboxylic acids is 1. The first-order valence-corrected chi connectivity index (χ1v) is 5.13. The molecule has 94 valence electrons. The van der Waals surface area contributed by atoms with Crippen LogP contribution < -0.4 is 0 Å². The van der Waals surface area contributed by atoms with E-state index >= 15 is 0 Å². The van der Waals surface area contributed by atoms with Gasteiger partial charge in [0.2, 0.25) is 0 Å². The molecule has 1 aromatic rings. The van der Waals surface area contributed by atoms with Crippen molar-refractivity contribution in [2.75, 3.05) is 0 Å². The zero-order valence-corrected chi connectivity index (χ0v) is 9.30. The molecule has 18 heavy (non-hydrogen) atoms. The number of halogens is 3.